The van der Waals surface area contributed by atoms with E-state index >= 15 is 0 Å². The zero-order chi connectivity index (χ0) is 8.39. The summed E-state index contributed by atoms with van der Waals surface area (Å²) in [5.74, 6) is 0. The van der Waals surface area contributed by atoms with Gasteiger partial charge in [0, 0.05) is 18.9 Å². The normalized spacial score (nSPS) is 23.4. The molecule has 1 N–H and O–H groups in total. The van der Waals surface area contributed by atoms with E-state index in [1.807, 2.05) is 10.9 Å². The van der Waals surface area contributed by atoms with Gasteiger partial charge in [-0.15, -0.1) is 0 Å². The van der Waals surface area contributed by atoms with Gasteiger partial charge in [0.2, 0.25) is 0 Å². The van der Waals surface area contributed by atoms with E-state index in [2.05, 4.69) is 9.99 Å². The van der Waals surface area contributed by atoms with Crippen molar-refractivity contribution < 1.29 is 5.11 Å². The third kappa shape index (κ3) is 1.18. The Kier molecular flexibility index (Phi) is 1.99. The van der Waals surface area contributed by atoms with Crippen LogP contribution in [0, 0.1) is 0 Å². The van der Waals surface area contributed by atoms with Gasteiger partial charge in [-0.1, -0.05) is 0 Å². The second-order valence-corrected chi connectivity index (χ2v) is 3.08. The van der Waals surface area contributed by atoms with E-state index in [1.54, 1.807) is 12.5 Å². The van der Waals surface area contributed by atoms with Gasteiger partial charge in [0.25, 0.3) is 0 Å². The van der Waals surface area contributed by atoms with Crippen LogP contribution in [0.5, 0.6) is 0 Å². The molecule has 2 rings (SSSR count). The average molecular weight is 167 g/mol. The summed E-state index contributed by atoms with van der Waals surface area (Å²) >= 11 is 0. The molecule has 1 fully saturated rings. The van der Waals surface area contributed by atoms with Crippen molar-refractivity contribution in [3.63, 3.8) is 0 Å². The molecule has 1 aliphatic rings. The first kappa shape index (κ1) is 7.61. The van der Waals surface area contributed by atoms with Crippen molar-refractivity contribution in [2.24, 2.45) is 0 Å². The molecule has 4 nitrogen and oxygen atoms in total. The molecule has 1 atom stereocenters. The van der Waals surface area contributed by atoms with Gasteiger partial charge in [-0.25, -0.2) is 4.98 Å². The summed E-state index contributed by atoms with van der Waals surface area (Å²) in [6.45, 7) is 1.25. The molecule has 12 heavy (non-hydrogen) atoms. The predicted molar refractivity (Wildman–Crippen MR) is 45.4 cm³/mol. The van der Waals surface area contributed by atoms with E-state index in [4.69, 9.17) is 5.11 Å². The zero-order valence-electron chi connectivity index (χ0n) is 6.93. The fourth-order valence-electron chi connectivity index (χ4n) is 1.71. The number of hydrogen-bond donors (Lipinski definition) is 1. The highest BCUT2D eigenvalue weighted by atomic mass is 16.3. The number of aromatic nitrogens is 2. The number of imidazole rings is 1. The largest absolute Gasteiger partial charge is 0.394 e. The van der Waals surface area contributed by atoms with Gasteiger partial charge in [-0.05, 0) is 12.8 Å². The van der Waals surface area contributed by atoms with Gasteiger partial charge in [0.1, 0.15) is 6.33 Å². The lowest BCUT2D eigenvalue weighted by molar-refractivity contribution is 0.254. The summed E-state index contributed by atoms with van der Waals surface area (Å²) in [5.41, 5.74) is 0. The summed E-state index contributed by atoms with van der Waals surface area (Å²) in [6.07, 6.45) is 7.67. The summed E-state index contributed by atoms with van der Waals surface area (Å²) in [7, 11) is 0. The highest BCUT2D eigenvalue weighted by Crippen LogP contribution is 2.14. The third-order valence-electron chi connectivity index (χ3n) is 2.34. The zero-order valence-corrected chi connectivity index (χ0v) is 6.93. The van der Waals surface area contributed by atoms with E-state index in [1.165, 1.54) is 0 Å². The van der Waals surface area contributed by atoms with E-state index in [-0.39, 0.29) is 12.6 Å². The maximum atomic E-state index is 9.06. The number of hydrogen-bond acceptors (Lipinski definition) is 3. The first-order valence-corrected chi connectivity index (χ1v) is 4.27. The molecule has 0 amide bonds. The molecule has 0 aliphatic carbocycles. The van der Waals surface area contributed by atoms with Gasteiger partial charge in [-0.2, -0.15) is 0 Å². The molecule has 0 radical (unpaired) electrons. The first-order chi connectivity index (χ1) is 5.92. The van der Waals surface area contributed by atoms with Crippen LogP contribution in [-0.4, -0.2) is 34.0 Å². The Morgan fingerprint density at radius 2 is 2.50 bits per heavy atom. The fourth-order valence-corrected chi connectivity index (χ4v) is 1.71. The van der Waals surface area contributed by atoms with Crippen molar-refractivity contribution >= 4 is 0 Å². The van der Waals surface area contributed by atoms with Crippen LogP contribution >= 0.6 is 0 Å². The molecular formula is C8H13N3O. The highest BCUT2D eigenvalue weighted by molar-refractivity contribution is 5.00. The average Bonchev–Trinajstić information content (AvgIpc) is 2.74. The second kappa shape index (κ2) is 3.15. The minimum absolute atomic E-state index is 0.234. The van der Waals surface area contributed by atoms with E-state index in [9.17, 15) is 0 Å². The summed E-state index contributed by atoms with van der Waals surface area (Å²) < 4.78 is 1.95. The van der Waals surface area contributed by atoms with Crippen LogP contribution in [0.1, 0.15) is 12.8 Å². The van der Waals surface area contributed by atoms with Crippen LogP contribution in [-0.2, 0) is 0 Å². The van der Waals surface area contributed by atoms with Gasteiger partial charge in [0.05, 0.1) is 12.6 Å². The van der Waals surface area contributed by atoms with Crippen LogP contribution in [0.2, 0.25) is 0 Å². The van der Waals surface area contributed by atoms with E-state index in [0.29, 0.717) is 0 Å². The van der Waals surface area contributed by atoms with E-state index < -0.39 is 0 Å². The number of nitrogens with zero attached hydrogens (tertiary/aromatic N) is 3. The van der Waals surface area contributed by atoms with Crippen molar-refractivity contribution in [1.82, 2.24) is 9.66 Å². The van der Waals surface area contributed by atoms with Crippen molar-refractivity contribution in [2.45, 2.75) is 18.9 Å². The summed E-state index contributed by atoms with van der Waals surface area (Å²) in [4.78, 5) is 3.98. The lowest BCUT2D eigenvalue weighted by Crippen LogP contribution is -2.40. The van der Waals surface area contributed by atoms with Crippen LogP contribution < -0.4 is 5.01 Å². The Balaban J connectivity index is 2.13. The molecule has 0 bridgehead atoms. The van der Waals surface area contributed by atoms with Crippen molar-refractivity contribution in [3.05, 3.63) is 18.7 Å². The molecular weight excluding hydrogens is 154 g/mol. The van der Waals surface area contributed by atoms with Crippen molar-refractivity contribution in [3.8, 4) is 0 Å². The second-order valence-electron chi connectivity index (χ2n) is 3.08. The smallest absolute Gasteiger partial charge is 0.114 e. The van der Waals surface area contributed by atoms with E-state index in [0.717, 1.165) is 19.4 Å². The lowest BCUT2D eigenvalue weighted by Gasteiger charge is -2.25. The van der Waals surface area contributed by atoms with Gasteiger partial charge in [-0.3, -0.25) is 4.68 Å². The number of aliphatic hydroxyl groups is 1. The van der Waals surface area contributed by atoms with Crippen LogP contribution in [0.4, 0.5) is 0 Å². The fraction of sp³-hybridized carbons (Fsp3) is 0.625. The molecule has 1 aromatic rings. The number of aliphatic hydroxyl groups excluding tert-OH is 1. The van der Waals surface area contributed by atoms with Crippen molar-refractivity contribution in [2.75, 3.05) is 18.2 Å². The number of rotatable bonds is 2. The predicted octanol–water partition coefficient (Wildman–Crippen LogP) is -0.0242. The SMILES string of the molecule is OC[C@@H]1CCCN1n1ccnc1. The summed E-state index contributed by atoms with van der Waals surface area (Å²) in [6, 6.07) is 0.277. The topological polar surface area (TPSA) is 41.3 Å². The molecule has 2 heterocycles. The minimum Gasteiger partial charge on any atom is -0.394 e. The Labute approximate surface area is 71.4 Å². The summed E-state index contributed by atoms with van der Waals surface area (Å²) in [5, 5.41) is 11.2. The quantitative estimate of drug-likeness (QED) is 0.672. The molecule has 0 saturated carbocycles. The molecule has 66 valence electrons. The maximum absolute atomic E-state index is 9.06. The third-order valence-corrected chi connectivity index (χ3v) is 2.34. The molecule has 1 aliphatic heterocycles. The molecule has 1 saturated heterocycles. The Morgan fingerprint density at radius 1 is 1.58 bits per heavy atom. The van der Waals surface area contributed by atoms with Gasteiger partial charge < -0.3 is 10.1 Å². The molecule has 1 aromatic heterocycles. The van der Waals surface area contributed by atoms with Gasteiger partial charge in [0.15, 0.2) is 0 Å². The Morgan fingerprint density at radius 3 is 3.17 bits per heavy atom. The molecule has 0 spiro atoms. The van der Waals surface area contributed by atoms with Crippen LogP contribution in [0.25, 0.3) is 0 Å². The van der Waals surface area contributed by atoms with Crippen LogP contribution in [0.3, 0.4) is 0 Å². The lowest BCUT2D eigenvalue weighted by atomic mass is 10.2. The molecule has 0 aromatic carbocycles. The standard InChI is InChI=1S/C8H13N3O/c12-6-8-2-1-4-11(8)10-5-3-9-7-10/h3,5,7-8,12H,1-2,4,6H2/t8-/m0/s1. The minimum atomic E-state index is 0.234. The Bertz CT molecular complexity index is 234. The first-order valence-electron chi connectivity index (χ1n) is 4.27. The monoisotopic (exact) mass is 167 g/mol. The highest BCUT2D eigenvalue weighted by Gasteiger charge is 2.23. The van der Waals surface area contributed by atoms with Crippen LogP contribution in [0.15, 0.2) is 18.7 Å². The van der Waals surface area contributed by atoms with Gasteiger partial charge >= 0.3 is 0 Å². The Hall–Kier alpha value is -1.03. The molecule has 0 unspecified atom stereocenters. The maximum Gasteiger partial charge on any atom is 0.114 e. The molecule has 4 heteroatoms. The van der Waals surface area contributed by atoms with Crippen molar-refractivity contribution in [1.29, 1.82) is 0 Å².